The molecule has 2 aromatic heterocycles. The third kappa shape index (κ3) is 4.35. The Kier molecular flexibility index (Phi) is 5.90. The Balaban J connectivity index is 1.46. The molecule has 0 spiro atoms. The van der Waals surface area contributed by atoms with Crippen LogP contribution in [-0.2, 0) is 4.74 Å². The van der Waals surface area contributed by atoms with Crippen LogP contribution in [0.4, 0.5) is 10.8 Å². The number of aromatic nitrogens is 2. The second-order valence-electron chi connectivity index (χ2n) is 6.22. The van der Waals surface area contributed by atoms with Crippen LogP contribution >= 0.6 is 23.1 Å². The third-order valence-electron chi connectivity index (χ3n) is 4.46. The predicted octanol–water partition coefficient (Wildman–Crippen LogP) is 4.02. The lowest BCUT2D eigenvalue weighted by molar-refractivity contribution is 0.102. The molecule has 1 aliphatic heterocycles. The molecule has 1 amide bonds. The predicted molar refractivity (Wildman–Crippen MR) is 115 cm³/mol. The molecule has 0 radical (unpaired) electrons. The number of carbonyl (C=O) groups excluding carboxylic acids is 1. The number of morpholine rings is 1. The topological polar surface area (TPSA) is 67.4 Å². The minimum atomic E-state index is -0.256. The highest BCUT2D eigenvalue weighted by molar-refractivity contribution is 7.98. The van der Waals surface area contributed by atoms with E-state index in [1.54, 1.807) is 18.0 Å². The molecule has 4 rings (SSSR count). The van der Waals surface area contributed by atoms with Crippen molar-refractivity contribution < 1.29 is 9.53 Å². The van der Waals surface area contributed by atoms with Crippen molar-refractivity contribution in [1.82, 2.24) is 9.97 Å². The van der Waals surface area contributed by atoms with Crippen LogP contribution in [0.5, 0.6) is 0 Å². The molecular weight excluding hydrogens is 392 g/mol. The Labute approximate surface area is 172 Å². The molecule has 144 valence electrons. The zero-order valence-corrected chi connectivity index (χ0v) is 17.1. The van der Waals surface area contributed by atoms with E-state index in [2.05, 4.69) is 32.3 Å². The SMILES string of the molecule is CSc1ccc(-c2csc(NC(=O)c3cc(N4CCOCC4)ccn3)n2)cc1. The van der Waals surface area contributed by atoms with E-state index < -0.39 is 0 Å². The molecule has 0 bridgehead atoms. The van der Waals surface area contributed by atoms with Gasteiger partial charge in [0, 0.05) is 40.8 Å². The van der Waals surface area contributed by atoms with Gasteiger partial charge in [0.25, 0.3) is 5.91 Å². The van der Waals surface area contributed by atoms with Crippen LogP contribution in [-0.4, -0.2) is 48.4 Å². The number of thiazole rings is 1. The van der Waals surface area contributed by atoms with Crippen LogP contribution in [0, 0.1) is 0 Å². The van der Waals surface area contributed by atoms with E-state index in [0.717, 1.165) is 30.0 Å². The summed E-state index contributed by atoms with van der Waals surface area (Å²) in [4.78, 5) is 24.8. The monoisotopic (exact) mass is 412 g/mol. The second-order valence-corrected chi connectivity index (χ2v) is 7.96. The van der Waals surface area contributed by atoms with Crippen LogP contribution in [0.3, 0.4) is 0 Å². The lowest BCUT2D eigenvalue weighted by atomic mass is 10.2. The Morgan fingerprint density at radius 2 is 2.00 bits per heavy atom. The molecule has 1 saturated heterocycles. The van der Waals surface area contributed by atoms with E-state index in [-0.39, 0.29) is 5.91 Å². The lowest BCUT2D eigenvalue weighted by Crippen LogP contribution is -2.36. The van der Waals surface area contributed by atoms with Gasteiger partial charge < -0.3 is 9.64 Å². The van der Waals surface area contributed by atoms with Crippen molar-refractivity contribution in [3.63, 3.8) is 0 Å². The maximum Gasteiger partial charge on any atom is 0.276 e. The minimum Gasteiger partial charge on any atom is -0.378 e. The Bertz CT molecular complexity index is 953. The molecule has 3 aromatic rings. The molecule has 28 heavy (non-hydrogen) atoms. The molecule has 8 heteroatoms. The van der Waals surface area contributed by atoms with Crippen LogP contribution in [0.2, 0.25) is 0 Å². The highest BCUT2D eigenvalue weighted by Gasteiger charge is 2.15. The highest BCUT2D eigenvalue weighted by Crippen LogP contribution is 2.27. The molecule has 0 atom stereocenters. The third-order valence-corrected chi connectivity index (χ3v) is 5.96. The fourth-order valence-electron chi connectivity index (χ4n) is 2.95. The van der Waals surface area contributed by atoms with Crippen molar-refractivity contribution in [2.75, 3.05) is 42.8 Å². The van der Waals surface area contributed by atoms with Gasteiger partial charge in [-0.25, -0.2) is 4.98 Å². The lowest BCUT2D eigenvalue weighted by Gasteiger charge is -2.28. The van der Waals surface area contributed by atoms with Gasteiger partial charge in [-0.2, -0.15) is 0 Å². The molecule has 1 N–H and O–H groups in total. The number of hydrogen-bond donors (Lipinski definition) is 1. The summed E-state index contributed by atoms with van der Waals surface area (Å²) in [6.45, 7) is 3.03. The summed E-state index contributed by atoms with van der Waals surface area (Å²) in [5.74, 6) is -0.256. The first-order chi connectivity index (χ1) is 13.7. The first-order valence-corrected chi connectivity index (χ1v) is 11.0. The number of anilines is 2. The maximum absolute atomic E-state index is 12.6. The van der Waals surface area contributed by atoms with E-state index in [0.29, 0.717) is 24.0 Å². The number of nitrogens with zero attached hydrogens (tertiary/aromatic N) is 3. The van der Waals surface area contributed by atoms with Crippen molar-refractivity contribution in [3.8, 4) is 11.3 Å². The minimum absolute atomic E-state index is 0.256. The zero-order chi connectivity index (χ0) is 19.3. The van der Waals surface area contributed by atoms with Crippen molar-refractivity contribution in [2.45, 2.75) is 4.90 Å². The van der Waals surface area contributed by atoms with Crippen molar-refractivity contribution in [3.05, 3.63) is 53.7 Å². The first-order valence-electron chi connectivity index (χ1n) is 8.93. The summed E-state index contributed by atoms with van der Waals surface area (Å²) in [6, 6.07) is 12.0. The second kappa shape index (κ2) is 8.72. The maximum atomic E-state index is 12.6. The number of hydrogen-bond acceptors (Lipinski definition) is 7. The Hall–Kier alpha value is -2.42. The van der Waals surface area contributed by atoms with Crippen molar-refractivity contribution >= 4 is 39.8 Å². The standard InChI is InChI=1S/C20H20N4O2S2/c1-27-16-4-2-14(3-5-16)18-13-28-20(22-18)23-19(25)17-12-15(6-7-21-17)24-8-10-26-11-9-24/h2-7,12-13H,8-11H2,1H3,(H,22,23,25). The number of carbonyl (C=O) groups is 1. The number of amides is 1. The molecule has 6 nitrogen and oxygen atoms in total. The number of nitrogens with one attached hydrogen (secondary N) is 1. The molecule has 1 fully saturated rings. The molecule has 1 aromatic carbocycles. The van der Waals surface area contributed by atoms with Gasteiger partial charge in [-0.3, -0.25) is 15.1 Å². The number of thioether (sulfide) groups is 1. The summed E-state index contributed by atoms with van der Waals surface area (Å²) in [6.07, 6.45) is 3.72. The average Bonchev–Trinajstić information content (AvgIpc) is 3.23. The number of pyridine rings is 1. The van der Waals surface area contributed by atoms with Crippen molar-refractivity contribution in [1.29, 1.82) is 0 Å². The van der Waals surface area contributed by atoms with Gasteiger partial charge in [-0.1, -0.05) is 12.1 Å². The fourth-order valence-corrected chi connectivity index (χ4v) is 4.07. The summed E-state index contributed by atoms with van der Waals surface area (Å²) in [7, 11) is 0. The van der Waals surface area contributed by atoms with E-state index >= 15 is 0 Å². The number of ether oxygens (including phenoxy) is 1. The van der Waals surface area contributed by atoms with Crippen LogP contribution in [0.25, 0.3) is 11.3 Å². The van der Waals surface area contributed by atoms with Gasteiger partial charge in [0.2, 0.25) is 0 Å². The molecule has 0 aliphatic carbocycles. The fraction of sp³-hybridized carbons (Fsp3) is 0.250. The number of rotatable bonds is 5. The smallest absolute Gasteiger partial charge is 0.276 e. The number of benzene rings is 1. The van der Waals surface area contributed by atoms with E-state index in [1.807, 2.05) is 35.9 Å². The largest absolute Gasteiger partial charge is 0.378 e. The van der Waals surface area contributed by atoms with Gasteiger partial charge in [0.05, 0.1) is 18.9 Å². The molecule has 0 unspecified atom stereocenters. The first kappa shape index (κ1) is 18.9. The summed E-state index contributed by atoms with van der Waals surface area (Å²) < 4.78 is 5.38. The van der Waals surface area contributed by atoms with E-state index in [4.69, 9.17) is 4.74 Å². The zero-order valence-electron chi connectivity index (χ0n) is 15.4. The van der Waals surface area contributed by atoms with Crippen LogP contribution in [0.1, 0.15) is 10.5 Å². The van der Waals surface area contributed by atoms with Crippen LogP contribution < -0.4 is 10.2 Å². The van der Waals surface area contributed by atoms with E-state index in [1.165, 1.54) is 16.2 Å². The average molecular weight is 413 g/mol. The summed E-state index contributed by atoms with van der Waals surface area (Å²) in [5, 5.41) is 5.37. The quantitative estimate of drug-likeness (QED) is 0.639. The Morgan fingerprint density at radius 1 is 1.21 bits per heavy atom. The van der Waals surface area contributed by atoms with Crippen LogP contribution in [0.15, 0.2) is 52.9 Å². The van der Waals surface area contributed by atoms with Gasteiger partial charge in [0.1, 0.15) is 5.69 Å². The van der Waals surface area contributed by atoms with Crippen molar-refractivity contribution in [2.24, 2.45) is 0 Å². The highest BCUT2D eigenvalue weighted by atomic mass is 32.2. The summed E-state index contributed by atoms with van der Waals surface area (Å²) >= 11 is 3.11. The normalized spacial score (nSPS) is 14.1. The van der Waals surface area contributed by atoms with Gasteiger partial charge >= 0.3 is 0 Å². The molecular formula is C20H20N4O2S2. The summed E-state index contributed by atoms with van der Waals surface area (Å²) in [5.41, 5.74) is 3.24. The van der Waals surface area contributed by atoms with Gasteiger partial charge in [0.15, 0.2) is 5.13 Å². The Morgan fingerprint density at radius 3 is 2.75 bits per heavy atom. The molecule has 3 heterocycles. The van der Waals surface area contributed by atoms with Gasteiger partial charge in [-0.05, 0) is 30.5 Å². The van der Waals surface area contributed by atoms with Gasteiger partial charge in [-0.15, -0.1) is 23.1 Å². The molecule has 0 saturated carbocycles. The van der Waals surface area contributed by atoms with E-state index in [9.17, 15) is 4.79 Å². The molecule has 1 aliphatic rings.